The summed E-state index contributed by atoms with van der Waals surface area (Å²) < 4.78 is 31.4. The third-order valence-electron chi connectivity index (χ3n) is 1.86. The van der Waals surface area contributed by atoms with Crippen LogP contribution in [0.5, 0.6) is 0 Å². The lowest BCUT2D eigenvalue weighted by atomic mass is 10.4. The summed E-state index contributed by atoms with van der Waals surface area (Å²) >= 11 is 5.83. The molecular formula is C9H14N2O3S3. The molecule has 1 heterocycles. The highest BCUT2D eigenvalue weighted by atomic mass is 32.2. The van der Waals surface area contributed by atoms with Crippen LogP contribution in [0, 0.1) is 0 Å². The summed E-state index contributed by atoms with van der Waals surface area (Å²) in [4.78, 5) is 0.779. The first kappa shape index (κ1) is 14.5. The molecule has 0 fully saturated rings. The van der Waals surface area contributed by atoms with Crippen LogP contribution in [0.4, 0.5) is 0 Å². The molecule has 0 aliphatic carbocycles. The summed E-state index contributed by atoms with van der Waals surface area (Å²) in [6, 6.07) is 2.80. The quantitative estimate of drug-likeness (QED) is 0.755. The molecule has 1 atom stereocenters. The standard InChI is InChI=1S/C9H14N2O3S3/c1-6(5-14-2)11-17(12,13)8-4-3-7(16-8)9(10)15/h3-4,6,11H,5H2,1-2H3,(H2,10,15). The molecule has 1 aromatic heterocycles. The van der Waals surface area contributed by atoms with Gasteiger partial charge < -0.3 is 10.5 Å². The van der Waals surface area contributed by atoms with Crippen LogP contribution in [-0.4, -0.2) is 33.2 Å². The fraction of sp³-hybridized carbons (Fsp3) is 0.444. The third-order valence-corrected chi connectivity index (χ3v) is 5.41. The fourth-order valence-corrected chi connectivity index (χ4v) is 3.80. The van der Waals surface area contributed by atoms with Gasteiger partial charge in [0, 0.05) is 13.2 Å². The first-order chi connectivity index (χ1) is 7.86. The van der Waals surface area contributed by atoms with Gasteiger partial charge in [-0.15, -0.1) is 11.3 Å². The normalized spacial score (nSPS) is 13.5. The molecule has 5 nitrogen and oxygen atoms in total. The Labute approximate surface area is 110 Å². The van der Waals surface area contributed by atoms with Crippen LogP contribution in [0.3, 0.4) is 0 Å². The molecule has 8 heteroatoms. The zero-order valence-electron chi connectivity index (χ0n) is 9.47. The molecule has 3 N–H and O–H groups in total. The number of hydrogen-bond acceptors (Lipinski definition) is 5. The summed E-state index contributed by atoms with van der Waals surface area (Å²) in [6.07, 6.45) is 0. The first-order valence-electron chi connectivity index (χ1n) is 4.77. The van der Waals surface area contributed by atoms with Crippen molar-refractivity contribution in [3.05, 3.63) is 17.0 Å². The molecule has 0 aliphatic heterocycles. The van der Waals surface area contributed by atoms with Crippen molar-refractivity contribution in [3.63, 3.8) is 0 Å². The lowest BCUT2D eigenvalue weighted by Gasteiger charge is -2.11. The SMILES string of the molecule is COCC(C)NS(=O)(=O)c1ccc(C(N)=S)s1. The summed E-state index contributed by atoms with van der Waals surface area (Å²) in [7, 11) is -2.01. The van der Waals surface area contributed by atoms with Crippen LogP contribution in [0.15, 0.2) is 16.3 Å². The summed E-state index contributed by atoms with van der Waals surface area (Å²) in [6.45, 7) is 2.04. The molecule has 1 rings (SSSR count). The lowest BCUT2D eigenvalue weighted by Crippen LogP contribution is -2.35. The second-order valence-electron chi connectivity index (χ2n) is 3.46. The Hall–Kier alpha value is -0.540. The third kappa shape index (κ3) is 4.00. The van der Waals surface area contributed by atoms with Gasteiger partial charge >= 0.3 is 0 Å². The van der Waals surface area contributed by atoms with Gasteiger partial charge in [0.2, 0.25) is 10.0 Å². The van der Waals surface area contributed by atoms with E-state index in [9.17, 15) is 8.42 Å². The number of rotatable bonds is 6. The molecule has 1 aromatic rings. The minimum Gasteiger partial charge on any atom is -0.389 e. The molecule has 0 spiro atoms. The highest BCUT2D eigenvalue weighted by Gasteiger charge is 2.19. The number of thiophene rings is 1. The Balaban J connectivity index is 2.86. The zero-order valence-corrected chi connectivity index (χ0v) is 11.9. The Morgan fingerprint density at radius 2 is 2.29 bits per heavy atom. The van der Waals surface area contributed by atoms with Gasteiger partial charge in [0.15, 0.2) is 0 Å². The van der Waals surface area contributed by atoms with Crippen LogP contribution in [-0.2, 0) is 14.8 Å². The second kappa shape index (κ2) is 5.87. The van der Waals surface area contributed by atoms with Crippen LogP contribution < -0.4 is 10.5 Å². The second-order valence-corrected chi connectivity index (χ2v) is 6.93. The number of methoxy groups -OCH3 is 1. The Kier molecular flexibility index (Phi) is 5.02. The molecule has 0 saturated carbocycles. The van der Waals surface area contributed by atoms with Crippen molar-refractivity contribution in [2.75, 3.05) is 13.7 Å². The highest BCUT2D eigenvalue weighted by molar-refractivity contribution is 7.91. The number of hydrogen-bond donors (Lipinski definition) is 2. The largest absolute Gasteiger partial charge is 0.389 e. The van der Waals surface area contributed by atoms with Crippen molar-refractivity contribution in [1.82, 2.24) is 4.72 Å². The molecule has 0 saturated heterocycles. The number of sulfonamides is 1. The van der Waals surface area contributed by atoms with E-state index in [0.717, 1.165) is 11.3 Å². The van der Waals surface area contributed by atoms with Crippen LogP contribution >= 0.6 is 23.6 Å². The average molecular weight is 294 g/mol. The molecule has 0 radical (unpaired) electrons. The zero-order chi connectivity index (χ0) is 13.1. The van der Waals surface area contributed by atoms with E-state index in [1.54, 1.807) is 13.0 Å². The molecular weight excluding hydrogens is 280 g/mol. The molecule has 17 heavy (non-hydrogen) atoms. The lowest BCUT2D eigenvalue weighted by molar-refractivity contribution is 0.180. The van der Waals surface area contributed by atoms with Gasteiger partial charge in [-0.2, -0.15) is 0 Å². The van der Waals surface area contributed by atoms with Crippen molar-refractivity contribution in [1.29, 1.82) is 0 Å². The average Bonchev–Trinajstić information content (AvgIpc) is 2.65. The van der Waals surface area contributed by atoms with Gasteiger partial charge in [-0.3, -0.25) is 0 Å². The Morgan fingerprint density at radius 3 is 2.76 bits per heavy atom. The molecule has 0 bridgehead atoms. The molecule has 0 aromatic carbocycles. The maximum absolute atomic E-state index is 11.9. The van der Waals surface area contributed by atoms with Gasteiger partial charge in [0.05, 0.1) is 11.5 Å². The van der Waals surface area contributed by atoms with E-state index in [1.807, 2.05) is 0 Å². The van der Waals surface area contributed by atoms with Crippen molar-refractivity contribution in [3.8, 4) is 0 Å². The monoisotopic (exact) mass is 294 g/mol. The van der Waals surface area contributed by atoms with E-state index < -0.39 is 10.0 Å². The van der Waals surface area contributed by atoms with Gasteiger partial charge in [-0.1, -0.05) is 12.2 Å². The Bertz CT molecular complexity index is 495. The van der Waals surface area contributed by atoms with Crippen LogP contribution in [0.25, 0.3) is 0 Å². The van der Waals surface area contributed by atoms with E-state index in [2.05, 4.69) is 4.72 Å². The van der Waals surface area contributed by atoms with Gasteiger partial charge in [0.1, 0.15) is 9.20 Å². The van der Waals surface area contributed by atoms with Gasteiger partial charge in [-0.25, -0.2) is 13.1 Å². The number of nitrogens with one attached hydrogen (secondary N) is 1. The molecule has 96 valence electrons. The predicted molar refractivity (Wildman–Crippen MR) is 71.9 cm³/mol. The number of thiocarbonyl (C=S) groups is 1. The maximum Gasteiger partial charge on any atom is 0.250 e. The summed E-state index contributed by atoms with van der Waals surface area (Å²) in [5, 5.41) is 0. The molecule has 0 aliphatic rings. The van der Waals surface area contributed by atoms with Crippen LogP contribution in [0.1, 0.15) is 11.8 Å². The van der Waals surface area contributed by atoms with Crippen LogP contribution in [0.2, 0.25) is 0 Å². The minimum atomic E-state index is -3.52. The van der Waals surface area contributed by atoms with E-state index in [1.165, 1.54) is 13.2 Å². The smallest absolute Gasteiger partial charge is 0.250 e. The van der Waals surface area contributed by atoms with E-state index in [-0.39, 0.29) is 15.2 Å². The first-order valence-corrected chi connectivity index (χ1v) is 7.48. The van der Waals surface area contributed by atoms with Gasteiger partial charge in [0.25, 0.3) is 0 Å². The fourth-order valence-electron chi connectivity index (χ4n) is 1.20. The predicted octanol–water partition coefficient (Wildman–Crippen LogP) is 0.696. The minimum absolute atomic E-state index is 0.196. The van der Waals surface area contributed by atoms with E-state index in [4.69, 9.17) is 22.7 Å². The molecule has 1 unspecified atom stereocenters. The van der Waals surface area contributed by atoms with Gasteiger partial charge in [-0.05, 0) is 19.1 Å². The topological polar surface area (TPSA) is 81.4 Å². The number of nitrogens with two attached hydrogens (primary N) is 1. The highest BCUT2D eigenvalue weighted by Crippen LogP contribution is 2.21. The van der Waals surface area contributed by atoms with Crippen molar-refractivity contribution < 1.29 is 13.2 Å². The Morgan fingerprint density at radius 1 is 1.65 bits per heavy atom. The van der Waals surface area contributed by atoms with E-state index in [0.29, 0.717) is 11.5 Å². The van der Waals surface area contributed by atoms with Crippen molar-refractivity contribution in [2.45, 2.75) is 17.2 Å². The summed E-state index contributed by atoms with van der Waals surface area (Å²) in [5.41, 5.74) is 5.43. The summed E-state index contributed by atoms with van der Waals surface area (Å²) in [5.74, 6) is 0. The van der Waals surface area contributed by atoms with Crippen molar-refractivity contribution >= 4 is 38.6 Å². The van der Waals surface area contributed by atoms with Crippen molar-refractivity contribution in [2.24, 2.45) is 5.73 Å². The number of ether oxygens (including phenoxy) is 1. The molecule has 0 amide bonds. The van der Waals surface area contributed by atoms with E-state index >= 15 is 0 Å². The maximum atomic E-state index is 11.9.